The summed E-state index contributed by atoms with van der Waals surface area (Å²) in [7, 11) is 3.85. The van der Waals surface area contributed by atoms with Crippen molar-refractivity contribution in [3.05, 3.63) is 84.4 Å². The van der Waals surface area contributed by atoms with Crippen LogP contribution in [0.3, 0.4) is 0 Å². The van der Waals surface area contributed by atoms with E-state index < -0.39 is 12.1 Å². The van der Waals surface area contributed by atoms with Crippen LogP contribution in [0.1, 0.15) is 17.3 Å². The number of esters is 1. The van der Waals surface area contributed by atoms with Gasteiger partial charge in [-0.25, -0.2) is 4.79 Å². The molecule has 0 fully saturated rings. The number of nitrogens with one attached hydrogen (secondary N) is 1. The Morgan fingerprint density at radius 2 is 1.48 bits per heavy atom. The molecule has 0 aliphatic rings. The molecule has 0 radical (unpaired) electrons. The molecule has 1 atom stereocenters. The summed E-state index contributed by atoms with van der Waals surface area (Å²) < 4.78 is 5.35. The van der Waals surface area contributed by atoms with Gasteiger partial charge in [-0.05, 0) is 42.8 Å². The number of carbonyl (C=O) groups is 2. The van der Waals surface area contributed by atoms with Gasteiger partial charge in [-0.3, -0.25) is 4.79 Å². The second kappa shape index (κ2) is 9.06. The molecular formula is C24H24N2O3. The number of amides is 1. The van der Waals surface area contributed by atoms with Gasteiger partial charge in [0.1, 0.15) is 0 Å². The van der Waals surface area contributed by atoms with Gasteiger partial charge in [0.25, 0.3) is 5.91 Å². The fraction of sp³-hybridized carbons (Fsp3) is 0.167. The largest absolute Gasteiger partial charge is 0.449 e. The molecule has 3 rings (SSSR count). The second-order valence-electron chi connectivity index (χ2n) is 6.89. The Balaban J connectivity index is 1.68. The molecule has 0 aliphatic heterocycles. The highest BCUT2D eigenvalue weighted by Crippen LogP contribution is 2.27. The lowest BCUT2D eigenvalue weighted by atomic mass is 10.0. The standard InChI is InChI=1S/C24H24N2O3/c1-17(29-24(28)19-13-15-20(16-14-19)26(2)3)23(27)25-22-12-8-7-11-21(22)18-9-5-4-6-10-18/h4-17H,1-3H3,(H,25,27)/t17-/m1/s1. The van der Waals surface area contributed by atoms with Crippen LogP contribution in [-0.2, 0) is 9.53 Å². The summed E-state index contributed by atoms with van der Waals surface area (Å²) in [5.41, 5.74) is 3.94. The molecule has 5 heteroatoms. The third-order valence-corrected chi connectivity index (χ3v) is 4.54. The fourth-order valence-electron chi connectivity index (χ4n) is 2.87. The zero-order valence-corrected chi connectivity index (χ0v) is 16.8. The van der Waals surface area contributed by atoms with Gasteiger partial charge < -0.3 is 15.0 Å². The van der Waals surface area contributed by atoms with Crippen molar-refractivity contribution in [3.63, 3.8) is 0 Å². The summed E-state index contributed by atoms with van der Waals surface area (Å²) in [5, 5.41) is 2.87. The van der Waals surface area contributed by atoms with Crippen molar-refractivity contribution in [2.75, 3.05) is 24.3 Å². The van der Waals surface area contributed by atoms with Gasteiger partial charge in [0.15, 0.2) is 6.10 Å². The highest BCUT2D eigenvalue weighted by atomic mass is 16.5. The Kier molecular flexibility index (Phi) is 6.29. The number of rotatable bonds is 6. The maximum atomic E-state index is 12.6. The molecule has 0 saturated carbocycles. The fourth-order valence-corrected chi connectivity index (χ4v) is 2.87. The van der Waals surface area contributed by atoms with Gasteiger partial charge in [-0.15, -0.1) is 0 Å². The lowest BCUT2D eigenvalue weighted by Crippen LogP contribution is -2.30. The van der Waals surface area contributed by atoms with E-state index in [1.165, 1.54) is 0 Å². The zero-order chi connectivity index (χ0) is 20.8. The molecule has 0 heterocycles. The lowest BCUT2D eigenvalue weighted by molar-refractivity contribution is -0.123. The first kappa shape index (κ1) is 20.1. The third-order valence-electron chi connectivity index (χ3n) is 4.54. The van der Waals surface area contributed by atoms with Gasteiger partial charge in [-0.1, -0.05) is 48.5 Å². The number of anilines is 2. The number of benzene rings is 3. The van der Waals surface area contributed by atoms with E-state index in [0.29, 0.717) is 11.3 Å². The molecule has 0 aliphatic carbocycles. The second-order valence-corrected chi connectivity index (χ2v) is 6.89. The summed E-state index contributed by atoms with van der Waals surface area (Å²) in [6.07, 6.45) is -0.931. The lowest BCUT2D eigenvalue weighted by Gasteiger charge is -2.16. The average molecular weight is 388 g/mol. The van der Waals surface area contributed by atoms with E-state index in [1.807, 2.05) is 85.7 Å². The minimum absolute atomic E-state index is 0.383. The monoisotopic (exact) mass is 388 g/mol. The molecule has 1 amide bonds. The summed E-state index contributed by atoms with van der Waals surface area (Å²) in [5.74, 6) is -0.916. The Morgan fingerprint density at radius 1 is 0.862 bits per heavy atom. The first-order valence-corrected chi connectivity index (χ1v) is 9.39. The SMILES string of the molecule is C[C@@H](OC(=O)c1ccc(N(C)C)cc1)C(=O)Nc1ccccc1-c1ccccc1. The van der Waals surface area contributed by atoms with E-state index >= 15 is 0 Å². The van der Waals surface area contributed by atoms with Gasteiger partial charge in [0, 0.05) is 31.0 Å². The van der Waals surface area contributed by atoms with Crippen molar-refractivity contribution in [2.24, 2.45) is 0 Å². The van der Waals surface area contributed by atoms with Crippen molar-refractivity contribution >= 4 is 23.3 Å². The molecule has 5 nitrogen and oxygen atoms in total. The van der Waals surface area contributed by atoms with E-state index in [4.69, 9.17) is 4.74 Å². The average Bonchev–Trinajstić information content (AvgIpc) is 2.74. The molecule has 148 valence electrons. The number of carbonyl (C=O) groups excluding carboxylic acids is 2. The molecule has 0 spiro atoms. The molecule has 3 aromatic rings. The van der Waals surface area contributed by atoms with Crippen molar-refractivity contribution in [2.45, 2.75) is 13.0 Å². The Labute approximate surface area is 170 Å². The maximum absolute atomic E-state index is 12.6. The van der Waals surface area contributed by atoms with Gasteiger partial charge >= 0.3 is 5.97 Å². The van der Waals surface area contributed by atoms with E-state index in [-0.39, 0.29) is 5.91 Å². The first-order valence-electron chi connectivity index (χ1n) is 9.39. The van der Waals surface area contributed by atoms with E-state index in [1.54, 1.807) is 19.1 Å². The van der Waals surface area contributed by atoms with Crippen LogP contribution in [-0.4, -0.2) is 32.1 Å². The minimum Gasteiger partial charge on any atom is -0.449 e. The van der Waals surface area contributed by atoms with Crippen LogP contribution in [0.15, 0.2) is 78.9 Å². The summed E-state index contributed by atoms with van der Waals surface area (Å²) in [6.45, 7) is 1.56. The molecule has 29 heavy (non-hydrogen) atoms. The quantitative estimate of drug-likeness (QED) is 0.627. The molecule has 3 aromatic carbocycles. The highest BCUT2D eigenvalue weighted by molar-refractivity contribution is 6.00. The van der Waals surface area contributed by atoms with Crippen molar-refractivity contribution < 1.29 is 14.3 Å². The van der Waals surface area contributed by atoms with Crippen LogP contribution in [0.2, 0.25) is 0 Å². The molecular weight excluding hydrogens is 364 g/mol. The van der Waals surface area contributed by atoms with E-state index in [0.717, 1.165) is 16.8 Å². The predicted octanol–water partition coefficient (Wildman–Crippen LogP) is 4.60. The van der Waals surface area contributed by atoms with Crippen LogP contribution in [0, 0.1) is 0 Å². The number of hydrogen-bond donors (Lipinski definition) is 1. The van der Waals surface area contributed by atoms with Crippen LogP contribution in [0.25, 0.3) is 11.1 Å². The summed E-state index contributed by atoms with van der Waals surface area (Å²) in [6, 6.07) is 24.4. The summed E-state index contributed by atoms with van der Waals surface area (Å²) >= 11 is 0. The van der Waals surface area contributed by atoms with Gasteiger partial charge in [-0.2, -0.15) is 0 Å². The van der Waals surface area contributed by atoms with Gasteiger partial charge in [0.2, 0.25) is 0 Å². The van der Waals surface area contributed by atoms with Crippen molar-refractivity contribution in [1.82, 2.24) is 0 Å². The number of ether oxygens (including phenoxy) is 1. The Morgan fingerprint density at radius 3 is 2.14 bits per heavy atom. The van der Waals surface area contributed by atoms with Crippen molar-refractivity contribution in [3.8, 4) is 11.1 Å². The third kappa shape index (κ3) is 5.02. The van der Waals surface area contributed by atoms with Crippen LogP contribution >= 0.6 is 0 Å². The highest BCUT2D eigenvalue weighted by Gasteiger charge is 2.20. The maximum Gasteiger partial charge on any atom is 0.338 e. The first-order chi connectivity index (χ1) is 14.0. The molecule has 1 N–H and O–H groups in total. The molecule has 0 aromatic heterocycles. The summed E-state index contributed by atoms with van der Waals surface area (Å²) in [4.78, 5) is 26.9. The van der Waals surface area contributed by atoms with E-state index in [9.17, 15) is 9.59 Å². The number of hydrogen-bond acceptors (Lipinski definition) is 4. The minimum atomic E-state index is -0.931. The topological polar surface area (TPSA) is 58.6 Å². The van der Waals surface area contributed by atoms with Crippen LogP contribution < -0.4 is 10.2 Å². The smallest absolute Gasteiger partial charge is 0.338 e. The van der Waals surface area contributed by atoms with E-state index in [2.05, 4.69) is 5.32 Å². The number of para-hydroxylation sites is 1. The zero-order valence-electron chi connectivity index (χ0n) is 16.8. The van der Waals surface area contributed by atoms with Crippen LogP contribution in [0.5, 0.6) is 0 Å². The molecule has 0 unspecified atom stereocenters. The molecule has 0 saturated heterocycles. The Bertz CT molecular complexity index is 983. The Hall–Kier alpha value is -3.60. The van der Waals surface area contributed by atoms with Gasteiger partial charge in [0.05, 0.1) is 5.56 Å². The van der Waals surface area contributed by atoms with Crippen LogP contribution in [0.4, 0.5) is 11.4 Å². The number of nitrogens with zero attached hydrogens (tertiary/aromatic N) is 1. The molecule has 0 bridgehead atoms. The van der Waals surface area contributed by atoms with Crippen molar-refractivity contribution in [1.29, 1.82) is 0 Å². The predicted molar refractivity (Wildman–Crippen MR) is 116 cm³/mol. The normalized spacial score (nSPS) is 11.4.